The van der Waals surface area contributed by atoms with Gasteiger partial charge >= 0.3 is 0 Å². The molecule has 4 rings (SSSR count). The first-order chi connectivity index (χ1) is 11.2. The lowest BCUT2D eigenvalue weighted by Gasteiger charge is -2.35. The van der Waals surface area contributed by atoms with Crippen LogP contribution in [0.3, 0.4) is 0 Å². The number of hydrogen-bond donors (Lipinski definition) is 1. The molecule has 1 aromatic carbocycles. The van der Waals surface area contributed by atoms with Crippen LogP contribution in [0.25, 0.3) is 0 Å². The number of benzene rings is 1. The molecule has 0 radical (unpaired) electrons. The molecule has 0 spiro atoms. The third kappa shape index (κ3) is 3.33. The van der Waals surface area contributed by atoms with E-state index in [1.807, 2.05) is 11.3 Å². The molecule has 1 aromatic heterocycles. The molecule has 4 heteroatoms. The highest BCUT2D eigenvalue weighted by molar-refractivity contribution is 7.11. The standard InChI is InChI=1S/C19H22N2OS/c1-13-6-9-17(23-13)12-21-11-15-5-3-2-4-14(15)10-18(21)19(22)20-16-7-8-16/h2-6,9,16,18H,7-8,10-12H2,1H3,(H,20,22)/t18-/m0/s1. The Morgan fingerprint density at radius 2 is 2.00 bits per heavy atom. The van der Waals surface area contributed by atoms with Crippen molar-refractivity contribution in [2.45, 2.75) is 51.4 Å². The van der Waals surface area contributed by atoms with Gasteiger partial charge in [0.25, 0.3) is 0 Å². The largest absolute Gasteiger partial charge is 0.352 e. The van der Waals surface area contributed by atoms with Gasteiger partial charge in [-0.2, -0.15) is 0 Å². The molecule has 1 saturated carbocycles. The van der Waals surface area contributed by atoms with Crippen LogP contribution in [0.4, 0.5) is 0 Å². The summed E-state index contributed by atoms with van der Waals surface area (Å²) in [6, 6.07) is 13.3. The molecule has 3 nitrogen and oxygen atoms in total. The number of amides is 1. The molecule has 1 aliphatic carbocycles. The number of hydrogen-bond acceptors (Lipinski definition) is 3. The van der Waals surface area contributed by atoms with Crippen LogP contribution >= 0.6 is 11.3 Å². The van der Waals surface area contributed by atoms with Crippen LogP contribution in [0.5, 0.6) is 0 Å². The van der Waals surface area contributed by atoms with E-state index in [1.165, 1.54) is 20.9 Å². The summed E-state index contributed by atoms with van der Waals surface area (Å²) in [5.41, 5.74) is 2.68. The average Bonchev–Trinajstić information content (AvgIpc) is 3.27. The van der Waals surface area contributed by atoms with Gasteiger partial charge in [-0.25, -0.2) is 0 Å². The summed E-state index contributed by atoms with van der Waals surface area (Å²) in [6.07, 6.45) is 3.09. The predicted octanol–water partition coefficient (Wildman–Crippen LogP) is 3.26. The molecule has 0 bridgehead atoms. The molecule has 0 saturated heterocycles. The minimum atomic E-state index is -0.0482. The van der Waals surface area contributed by atoms with Crippen molar-refractivity contribution in [2.75, 3.05) is 0 Å². The average molecular weight is 326 g/mol. The number of nitrogens with one attached hydrogen (secondary N) is 1. The minimum absolute atomic E-state index is 0.0482. The van der Waals surface area contributed by atoms with E-state index in [-0.39, 0.29) is 11.9 Å². The van der Waals surface area contributed by atoms with E-state index >= 15 is 0 Å². The highest BCUT2D eigenvalue weighted by Gasteiger charge is 2.34. The first-order valence-electron chi connectivity index (χ1n) is 8.35. The highest BCUT2D eigenvalue weighted by atomic mass is 32.1. The van der Waals surface area contributed by atoms with Gasteiger partial charge in [-0.3, -0.25) is 9.69 Å². The van der Waals surface area contributed by atoms with E-state index in [1.54, 1.807) is 0 Å². The van der Waals surface area contributed by atoms with E-state index < -0.39 is 0 Å². The van der Waals surface area contributed by atoms with Crippen molar-refractivity contribution >= 4 is 17.2 Å². The minimum Gasteiger partial charge on any atom is -0.352 e. The Kier molecular flexibility index (Phi) is 3.95. The monoisotopic (exact) mass is 326 g/mol. The SMILES string of the molecule is Cc1ccc(CN2Cc3ccccc3C[C@H]2C(=O)NC2CC2)s1. The Balaban J connectivity index is 1.58. The number of carbonyl (C=O) groups excluding carboxylic acids is 1. The summed E-state index contributed by atoms with van der Waals surface area (Å²) >= 11 is 1.83. The molecule has 0 unspecified atom stereocenters. The van der Waals surface area contributed by atoms with Crippen molar-refractivity contribution in [1.29, 1.82) is 0 Å². The third-order valence-corrected chi connectivity index (χ3v) is 5.71. The van der Waals surface area contributed by atoms with Gasteiger partial charge in [0.05, 0.1) is 6.04 Å². The van der Waals surface area contributed by atoms with Crippen molar-refractivity contribution in [2.24, 2.45) is 0 Å². The Morgan fingerprint density at radius 1 is 1.22 bits per heavy atom. The van der Waals surface area contributed by atoms with E-state index in [9.17, 15) is 4.79 Å². The lowest BCUT2D eigenvalue weighted by Crippen LogP contribution is -2.50. The van der Waals surface area contributed by atoms with Gasteiger partial charge < -0.3 is 5.32 Å². The zero-order valence-corrected chi connectivity index (χ0v) is 14.2. The molecule has 1 atom stereocenters. The first-order valence-corrected chi connectivity index (χ1v) is 9.17. The zero-order valence-electron chi connectivity index (χ0n) is 13.4. The quantitative estimate of drug-likeness (QED) is 0.935. The summed E-state index contributed by atoms with van der Waals surface area (Å²) in [5.74, 6) is 0.204. The fourth-order valence-electron chi connectivity index (χ4n) is 3.30. The van der Waals surface area contributed by atoms with Gasteiger partial charge in [0.2, 0.25) is 5.91 Å². The van der Waals surface area contributed by atoms with Crippen LogP contribution < -0.4 is 5.32 Å². The molecule has 2 aromatic rings. The molecule has 1 fully saturated rings. The van der Waals surface area contributed by atoms with Crippen LogP contribution in [0.15, 0.2) is 36.4 Å². The van der Waals surface area contributed by atoms with Gasteiger partial charge in [0.15, 0.2) is 0 Å². The molecular weight excluding hydrogens is 304 g/mol. The lowest BCUT2D eigenvalue weighted by atomic mass is 9.93. The van der Waals surface area contributed by atoms with Gasteiger partial charge in [0, 0.05) is 28.9 Å². The van der Waals surface area contributed by atoms with E-state index in [0.29, 0.717) is 6.04 Å². The van der Waals surface area contributed by atoms with Crippen LogP contribution in [-0.4, -0.2) is 22.9 Å². The van der Waals surface area contributed by atoms with Crippen LogP contribution in [0.1, 0.15) is 33.7 Å². The van der Waals surface area contributed by atoms with Crippen molar-refractivity contribution in [1.82, 2.24) is 10.2 Å². The molecule has 1 aliphatic heterocycles. The number of carbonyl (C=O) groups is 1. The molecule has 2 aliphatic rings. The van der Waals surface area contributed by atoms with Gasteiger partial charge in [-0.15, -0.1) is 11.3 Å². The summed E-state index contributed by atoms with van der Waals surface area (Å²) < 4.78 is 0. The lowest BCUT2D eigenvalue weighted by molar-refractivity contribution is -0.127. The topological polar surface area (TPSA) is 32.3 Å². The smallest absolute Gasteiger partial charge is 0.237 e. The van der Waals surface area contributed by atoms with Gasteiger partial charge in [-0.05, 0) is 49.4 Å². The van der Waals surface area contributed by atoms with Crippen molar-refractivity contribution in [3.05, 3.63) is 57.3 Å². The molecular formula is C19H22N2OS. The van der Waals surface area contributed by atoms with Gasteiger partial charge in [0.1, 0.15) is 0 Å². The highest BCUT2D eigenvalue weighted by Crippen LogP contribution is 2.28. The van der Waals surface area contributed by atoms with E-state index in [4.69, 9.17) is 0 Å². The maximum atomic E-state index is 12.7. The van der Waals surface area contributed by atoms with Crippen LogP contribution in [-0.2, 0) is 24.3 Å². The number of nitrogens with zero attached hydrogens (tertiary/aromatic N) is 1. The van der Waals surface area contributed by atoms with Crippen LogP contribution in [0.2, 0.25) is 0 Å². The summed E-state index contributed by atoms with van der Waals surface area (Å²) in [5, 5.41) is 3.20. The summed E-state index contributed by atoms with van der Waals surface area (Å²) in [7, 11) is 0. The number of rotatable bonds is 4. The maximum absolute atomic E-state index is 12.7. The van der Waals surface area contributed by atoms with Crippen molar-refractivity contribution in [3.8, 4) is 0 Å². The first kappa shape index (κ1) is 14.9. The Morgan fingerprint density at radius 3 is 2.70 bits per heavy atom. The molecule has 2 heterocycles. The summed E-state index contributed by atoms with van der Waals surface area (Å²) in [4.78, 5) is 17.7. The maximum Gasteiger partial charge on any atom is 0.237 e. The number of aryl methyl sites for hydroxylation is 1. The second kappa shape index (κ2) is 6.10. The third-order valence-electron chi connectivity index (χ3n) is 4.73. The number of thiophene rings is 1. The van der Waals surface area contributed by atoms with Crippen molar-refractivity contribution < 1.29 is 4.79 Å². The second-order valence-electron chi connectivity index (χ2n) is 6.69. The van der Waals surface area contributed by atoms with E-state index in [0.717, 1.165) is 32.4 Å². The summed E-state index contributed by atoms with van der Waals surface area (Å²) in [6.45, 7) is 3.85. The van der Waals surface area contributed by atoms with Crippen LogP contribution in [0, 0.1) is 6.92 Å². The molecule has 23 heavy (non-hydrogen) atoms. The zero-order chi connectivity index (χ0) is 15.8. The molecule has 1 amide bonds. The van der Waals surface area contributed by atoms with E-state index in [2.05, 4.69) is 53.5 Å². The molecule has 1 N–H and O–H groups in total. The Hall–Kier alpha value is -1.65. The fourth-order valence-corrected chi connectivity index (χ4v) is 4.21. The Bertz CT molecular complexity index is 720. The molecule has 120 valence electrons. The van der Waals surface area contributed by atoms with Gasteiger partial charge in [-0.1, -0.05) is 24.3 Å². The fraction of sp³-hybridized carbons (Fsp3) is 0.421. The predicted molar refractivity (Wildman–Crippen MR) is 93.4 cm³/mol. The van der Waals surface area contributed by atoms with Crippen molar-refractivity contribution in [3.63, 3.8) is 0 Å². The second-order valence-corrected chi connectivity index (χ2v) is 8.06. The Labute approximate surface area is 141 Å². The number of fused-ring (bicyclic) bond motifs is 1. The normalized spacial score (nSPS) is 21.0.